The molecule has 0 amide bonds. The highest BCUT2D eigenvalue weighted by Crippen LogP contribution is 2.50. The summed E-state index contributed by atoms with van der Waals surface area (Å²) in [6, 6.07) is 16.9. The maximum Gasteiger partial charge on any atom is 0.326 e. The van der Waals surface area contributed by atoms with Gasteiger partial charge < -0.3 is 14.4 Å². The number of carbonyl (C=O) groups is 2. The normalized spacial score (nSPS) is 17.7. The molecule has 0 saturated carbocycles. The molecule has 0 aliphatic carbocycles. The van der Waals surface area contributed by atoms with Gasteiger partial charge in [0.05, 0.1) is 19.3 Å². The van der Waals surface area contributed by atoms with E-state index < -0.39 is 23.4 Å². The van der Waals surface area contributed by atoms with Crippen LogP contribution in [0.3, 0.4) is 0 Å². The molecule has 1 unspecified atom stereocenters. The third-order valence-electron chi connectivity index (χ3n) is 5.09. The van der Waals surface area contributed by atoms with Gasteiger partial charge in [0.2, 0.25) is 0 Å². The first-order valence-corrected chi connectivity index (χ1v) is 9.26. The quantitative estimate of drug-likeness (QED) is 0.598. The lowest BCUT2D eigenvalue weighted by Gasteiger charge is -2.46. The maximum atomic E-state index is 13.2. The molecule has 0 N–H and O–H groups in total. The molecule has 0 saturated heterocycles. The van der Waals surface area contributed by atoms with E-state index in [0.29, 0.717) is 0 Å². The molecule has 0 bridgehead atoms. The van der Waals surface area contributed by atoms with E-state index in [1.807, 2.05) is 66.5 Å². The van der Waals surface area contributed by atoms with Crippen molar-refractivity contribution in [2.24, 2.45) is 5.41 Å². The van der Waals surface area contributed by atoms with Gasteiger partial charge in [-0.25, -0.2) is 0 Å². The zero-order valence-corrected chi connectivity index (χ0v) is 16.0. The lowest BCUT2D eigenvalue weighted by Crippen LogP contribution is -2.55. The summed E-state index contributed by atoms with van der Waals surface area (Å²) in [4.78, 5) is 28.4. The van der Waals surface area contributed by atoms with Crippen LogP contribution in [-0.2, 0) is 25.5 Å². The number of carbonyl (C=O) groups excluding carboxylic acids is 2. The van der Waals surface area contributed by atoms with E-state index in [9.17, 15) is 9.59 Å². The van der Waals surface area contributed by atoms with Crippen molar-refractivity contribution in [3.8, 4) is 0 Å². The minimum absolute atomic E-state index is 0.201. The second-order valence-corrected chi connectivity index (χ2v) is 6.64. The predicted octanol–water partition coefficient (Wildman–Crippen LogP) is 3.53. The van der Waals surface area contributed by atoms with Gasteiger partial charge in [0.15, 0.2) is 5.41 Å². The fraction of sp³-hybridized carbons (Fsp3) is 0.364. The largest absolute Gasteiger partial charge is 0.465 e. The molecule has 0 spiro atoms. The summed E-state index contributed by atoms with van der Waals surface area (Å²) in [5, 5.41) is 0. The average molecular weight is 367 g/mol. The standard InChI is InChI=1S/C22H25NO4/c1-4-26-20(24)22(21(25)27-5-2)15-17-13-9-10-14-18(17)23(3)19(22)16-11-7-6-8-12-16/h6-14,19H,4-5,15H2,1-3H3. The molecule has 5 heteroatoms. The van der Waals surface area contributed by atoms with E-state index in [4.69, 9.17) is 9.47 Å². The van der Waals surface area contributed by atoms with Crippen LogP contribution in [0.5, 0.6) is 0 Å². The number of benzene rings is 2. The van der Waals surface area contributed by atoms with Crippen LogP contribution in [0.2, 0.25) is 0 Å². The Labute approximate surface area is 159 Å². The summed E-state index contributed by atoms with van der Waals surface area (Å²) in [5.41, 5.74) is 1.33. The summed E-state index contributed by atoms with van der Waals surface area (Å²) < 4.78 is 10.8. The molecule has 1 aliphatic heterocycles. The zero-order chi connectivity index (χ0) is 19.4. The Bertz CT molecular complexity index is 800. The number of esters is 2. The Hall–Kier alpha value is -2.82. The molecule has 3 rings (SSSR count). The van der Waals surface area contributed by atoms with Crippen LogP contribution >= 0.6 is 0 Å². The molecule has 27 heavy (non-hydrogen) atoms. The number of anilines is 1. The zero-order valence-electron chi connectivity index (χ0n) is 16.0. The third kappa shape index (κ3) is 3.18. The van der Waals surface area contributed by atoms with Crippen LogP contribution in [0, 0.1) is 5.41 Å². The number of hydrogen-bond acceptors (Lipinski definition) is 5. The minimum atomic E-state index is -1.46. The molecule has 2 aromatic rings. The lowest BCUT2D eigenvalue weighted by molar-refractivity contribution is -0.174. The first-order valence-electron chi connectivity index (χ1n) is 9.26. The SMILES string of the molecule is CCOC(=O)C1(C(=O)OCC)Cc2ccccc2N(C)C1c1ccccc1. The van der Waals surface area contributed by atoms with Crippen LogP contribution in [0.4, 0.5) is 5.69 Å². The maximum absolute atomic E-state index is 13.2. The van der Waals surface area contributed by atoms with Crippen molar-refractivity contribution in [3.05, 3.63) is 65.7 Å². The highest BCUT2D eigenvalue weighted by molar-refractivity contribution is 6.03. The van der Waals surface area contributed by atoms with E-state index >= 15 is 0 Å². The number of hydrogen-bond donors (Lipinski definition) is 0. The van der Waals surface area contributed by atoms with Crippen molar-refractivity contribution in [1.82, 2.24) is 0 Å². The molecule has 142 valence electrons. The smallest absolute Gasteiger partial charge is 0.326 e. The molecular weight excluding hydrogens is 342 g/mol. The minimum Gasteiger partial charge on any atom is -0.465 e. The van der Waals surface area contributed by atoms with Crippen molar-refractivity contribution in [3.63, 3.8) is 0 Å². The average Bonchev–Trinajstić information content (AvgIpc) is 2.68. The van der Waals surface area contributed by atoms with Gasteiger partial charge >= 0.3 is 11.9 Å². The molecule has 0 radical (unpaired) electrons. The van der Waals surface area contributed by atoms with Gasteiger partial charge in [-0.05, 0) is 31.0 Å². The molecule has 5 nitrogen and oxygen atoms in total. The summed E-state index contributed by atoms with van der Waals surface area (Å²) in [6.07, 6.45) is 0.241. The molecule has 0 fully saturated rings. The van der Waals surface area contributed by atoms with Gasteiger partial charge in [-0.2, -0.15) is 0 Å². The molecule has 2 aromatic carbocycles. The van der Waals surface area contributed by atoms with Gasteiger partial charge in [-0.3, -0.25) is 9.59 Å². The Balaban J connectivity index is 2.25. The second-order valence-electron chi connectivity index (χ2n) is 6.64. The topological polar surface area (TPSA) is 55.8 Å². The molecule has 1 aliphatic rings. The fourth-order valence-corrected chi connectivity index (χ4v) is 3.99. The third-order valence-corrected chi connectivity index (χ3v) is 5.09. The van der Waals surface area contributed by atoms with Crippen molar-refractivity contribution in [2.45, 2.75) is 26.3 Å². The second kappa shape index (κ2) is 7.82. The van der Waals surface area contributed by atoms with E-state index in [2.05, 4.69) is 0 Å². The molecule has 1 heterocycles. The first kappa shape index (κ1) is 19.0. The van der Waals surface area contributed by atoms with Gasteiger partial charge in [-0.1, -0.05) is 48.5 Å². The lowest BCUT2D eigenvalue weighted by atomic mass is 9.69. The highest BCUT2D eigenvalue weighted by Gasteiger charge is 2.59. The number of para-hydroxylation sites is 1. The molecular formula is C22H25NO4. The number of ether oxygens (including phenoxy) is 2. The van der Waals surface area contributed by atoms with Gasteiger partial charge in [-0.15, -0.1) is 0 Å². The van der Waals surface area contributed by atoms with Crippen molar-refractivity contribution in [2.75, 3.05) is 25.2 Å². The van der Waals surface area contributed by atoms with Crippen molar-refractivity contribution in [1.29, 1.82) is 0 Å². The van der Waals surface area contributed by atoms with Gasteiger partial charge in [0.25, 0.3) is 0 Å². The van der Waals surface area contributed by atoms with Crippen LogP contribution < -0.4 is 4.90 Å². The number of rotatable bonds is 5. The van der Waals surface area contributed by atoms with E-state index in [1.165, 1.54) is 0 Å². The van der Waals surface area contributed by atoms with Gasteiger partial charge in [0.1, 0.15) is 0 Å². The highest BCUT2D eigenvalue weighted by atomic mass is 16.6. The predicted molar refractivity (Wildman–Crippen MR) is 103 cm³/mol. The first-order chi connectivity index (χ1) is 13.1. The Morgan fingerprint density at radius 1 is 0.963 bits per heavy atom. The summed E-state index contributed by atoms with van der Waals surface area (Å²) in [7, 11) is 1.91. The van der Waals surface area contributed by atoms with E-state index in [-0.39, 0.29) is 19.6 Å². The van der Waals surface area contributed by atoms with Crippen LogP contribution in [0.15, 0.2) is 54.6 Å². The fourth-order valence-electron chi connectivity index (χ4n) is 3.99. The number of nitrogens with zero attached hydrogens (tertiary/aromatic N) is 1. The molecule has 0 aromatic heterocycles. The van der Waals surface area contributed by atoms with Crippen LogP contribution in [0.1, 0.15) is 31.0 Å². The number of fused-ring (bicyclic) bond motifs is 1. The van der Waals surface area contributed by atoms with Crippen LogP contribution in [-0.4, -0.2) is 32.2 Å². The van der Waals surface area contributed by atoms with Crippen molar-refractivity contribution < 1.29 is 19.1 Å². The summed E-state index contributed by atoms with van der Waals surface area (Å²) in [5.74, 6) is -1.09. The van der Waals surface area contributed by atoms with Crippen LogP contribution in [0.25, 0.3) is 0 Å². The monoisotopic (exact) mass is 367 g/mol. The van der Waals surface area contributed by atoms with Gasteiger partial charge in [0, 0.05) is 19.2 Å². The van der Waals surface area contributed by atoms with Crippen molar-refractivity contribution >= 4 is 17.6 Å². The van der Waals surface area contributed by atoms with E-state index in [1.54, 1.807) is 13.8 Å². The van der Waals surface area contributed by atoms with E-state index in [0.717, 1.165) is 16.8 Å². The Morgan fingerprint density at radius 3 is 2.11 bits per heavy atom. The summed E-state index contributed by atoms with van der Waals surface area (Å²) in [6.45, 7) is 3.89. The summed E-state index contributed by atoms with van der Waals surface area (Å²) >= 11 is 0. The Morgan fingerprint density at radius 2 is 1.52 bits per heavy atom. The Kier molecular flexibility index (Phi) is 5.49. The molecule has 1 atom stereocenters.